The quantitative estimate of drug-likeness (QED) is 0.391. The molecule has 3 rings (SSSR count). The minimum Gasteiger partial charge on any atom is -0.445 e. The number of nitro benzene ring substituents is 1. The summed E-state index contributed by atoms with van der Waals surface area (Å²) in [6.07, 6.45) is -1.61. The smallest absolute Gasteiger partial charge is 0.410 e. The minimum absolute atomic E-state index is 0.102. The SMILES string of the molecule is C[C@@H](O)CN(CC(=O)C1CN(C(=O)OCc2ccccc2)C1)S(=O)(=O)c1ccc([N+](=O)[O-])cc1. The van der Waals surface area contributed by atoms with Crippen molar-refractivity contribution in [3.8, 4) is 0 Å². The number of aliphatic hydroxyl groups is 1. The van der Waals surface area contributed by atoms with Crippen LogP contribution in [0.4, 0.5) is 10.5 Å². The van der Waals surface area contributed by atoms with Gasteiger partial charge < -0.3 is 14.7 Å². The number of benzene rings is 2. The third-order valence-electron chi connectivity index (χ3n) is 5.29. The number of ketones is 1. The molecule has 2 aromatic carbocycles. The van der Waals surface area contributed by atoms with E-state index in [2.05, 4.69) is 0 Å². The molecule has 0 aliphatic carbocycles. The van der Waals surface area contributed by atoms with Crippen LogP contribution in [0.3, 0.4) is 0 Å². The molecule has 11 nitrogen and oxygen atoms in total. The molecule has 0 unspecified atom stereocenters. The average molecular weight is 492 g/mol. The number of likely N-dealkylation sites (tertiary alicyclic amines) is 1. The number of aliphatic hydroxyl groups excluding tert-OH is 1. The maximum Gasteiger partial charge on any atom is 0.410 e. The van der Waals surface area contributed by atoms with E-state index in [1.807, 2.05) is 30.3 Å². The number of Topliss-reactive ketones (excluding diaryl/α,β-unsaturated/α-hetero) is 1. The summed E-state index contributed by atoms with van der Waals surface area (Å²) in [5.41, 5.74) is 0.556. The fraction of sp³-hybridized carbons (Fsp3) is 0.364. The van der Waals surface area contributed by atoms with Crippen LogP contribution in [-0.4, -0.2) is 71.8 Å². The molecular weight excluding hydrogens is 466 g/mol. The van der Waals surface area contributed by atoms with Crippen LogP contribution < -0.4 is 0 Å². The zero-order valence-electron chi connectivity index (χ0n) is 18.4. The summed E-state index contributed by atoms with van der Waals surface area (Å²) in [4.78, 5) is 36.2. The molecular formula is C22H25N3O8S. The maximum absolute atomic E-state index is 13.0. The van der Waals surface area contributed by atoms with Crippen LogP contribution in [0.1, 0.15) is 12.5 Å². The zero-order chi connectivity index (χ0) is 24.9. The number of hydrogen-bond donors (Lipinski definition) is 1. The number of rotatable bonds is 10. The second-order valence-electron chi connectivity index (χ2n) is 8.01. The average Bonchev–Trinajstić information content (AvgIpc) is 2.76. The molecule has 1 N–H and O–H groups in total. The lowest BCUT2D eigenvalue weighted by Crippen LogP contribution is -2.55. The first-order valence-corrected chi connectivity index (χ1v) is 11.9. The molecule has 0 saturated carbocycles. The highest BCUT2D eigenvalue weighted by Gasteiger charge is 2.38. The van der Waals surface area contributed by atoms with Gasteiger partial charge in [-0.2, -0.15) is 4.31 Å². The Labute approximate surface area is 196 Å². The van der Waals surface area contributed by atoms with E-state index in [1.54, 1.807) is 0 Å². The lowest BCUT2D eigenvalue weighted by Gasteiger charge is -2.38. The van der Waals surface area contributed by atoms with Crippen molar-refractivity contribution in [1.82, 2.24) is 9.21 Å². The van der Waals surface area contributed by atoms with Crippen molar-refractivity contribution in [2.75, 3.05) is 26.2 Å². The van der Waals surface area contributed by atoms with E-state index in [0.717, 1.165) is 34.1 Å². The summed E-state index contributed by atoms with van der Waals surface area (Å²) in [5.74, 6) is -0.967. The zero-order valence-corrected chi connectivity index (χ0v) is 19.3. The summed E-state index contributed by atoms with van der Waals surface area (Å²) in [7, 11) is -4.20. The highest BCUT2D eigenvalue weighted by atomic mass is 32.2. The van der Waals surface area contributed by atoms with E-state index < -0.39 is 45.4 Å². The summed E-state index contributed by atoms with van der Waals surface area (Å²) in [5, 5.41) is 20.6. The monoisotopic (exact) mass is 491 g/mol. The molecule has 1 heterocycles. The third kappa shape index (κ3) is 6.16. The van der Waals surface area contributed by atoms with Gasteiger partial charge in [0.1, 0.15) is 6.61 Å². The van der Waals surface area contributed by atoms with E-state index >= 15 is 0 Å². The Morgan fingerprint density at radius 2 is 1.79 bits per heavy atom. The van der Waals surface area contributed by atoms with E-state index in [-0.39, 0.29) is 36.8 Å². The van der Waals surface area contributed by atoms with E-state index in [0.29, 0.717) is 0 Å². The number of sulfonamides is 1. The summed E-state index contributed by atoms with van der Waals surface area (Å²) in [6.45, 7) is 0.864. The van der Waals surface area contributed by atoms with Gasteiger partial charge in [-0.25, -0.2) is 13.2 Å². The molecule has 0 radical (unpaired) electrons. The molecule has 1 fully saturated rings. The van der Waals surface area contributed by atoms with E-state index in [9.17, 15) is 33.2 Å². The summed E-state index contributed by atoms with van der Waals surface area (Å²) in [6, 6.07) is 13.4. The number of carbonyl (C=O) groups is 2. The lowest BCUT2D eigenvalue weighted by atomic mass is 9.95. The summed E-state index contributed by atoms with van der Waals surface area (Å²) < 4.78 is 32.1. The highest BCUT2D eigenvalue weighted by Crippen LogP contribution is 2.23. The van der Waals surface area contributed by atoms with Gasteiger partial charge in [0.25, 0.3) is 5.69 Å². The van der Waals surface area contributed by atoms with Gasteiger partial charge in [-0.1, -0.05) is 30.3 Å². The van der Waals surface area contributed by atoms with Gasteiger partial charge in [-0.15, -0.1) is 0 Å². The molecule has 2 aromatic rings. The number of hydrogen-bond acceptors (Lipinski definition) is 8. The van der Waals surface area contributed by atoms with Gasteiger partial charge in [0, 0.05) is 31.8 Å². The van der Waals surface area contributed by atoms with Crippen molar-refractivity contribution in [1.29, 1.82) is 0 Å². The molecule has 0 aromatic heterocycles. The van der Waals surface area contributed by atoms with E-state index in [4.69, 9.17) is 4.74 Å². The fourth-order valence-corrected chi connectivity index (χ4v) is 4.86. The van der Waals surface area contributed by atoms with Gasteiger partial charge in [0.2, 0.25) is 10.0 Å². The first-order valence-electron chi connectivity index (χ1n) is 10.5. The van der Waals surface area contributed by atoms with Crippen molar-refractivity contribution in [3.05, 3.63) is 70.3 Å². The van der Waals surface area contributed by atoms with Gasteiger partial charge in [0.05, 0.1) is 28.4 Å². The molecule has 1 amide bonds. The molecule has 1 aliphatic heterocycles. The first kappa shape index (κ1) is 25.3. The Balaban J connectivity index is 1.59. The summed E-state index contributed by atoms with van der Waals surface area (Å²) >= 11 is 0. The first-order chi connectivity index (χ1) is 16.1. The number of ether oxygens (including phenoxy) is 1. The number of carbonyl (C=O) groups excluding carboxylic acids is 2. The molecule has 1 saturated heterocycles. The normalized spacial score (nSPS) is 15.0. The van der Waals surface area contributed by atoms with Crippen molar-refractivity contribution >= 4 is 27.6 Å². The topological polar surface area (TPSA) is 147 Å². The molecule has 0 spiro atoms. The number of nitro groups is 1. The maximum atomic E-state index is 13.0. The number of nitrogens with zero attached hydrogens (tertiary/aromatic N) is 3. The Hall–Kier alpha value is -3.35. The van der Waals surface area contributed by atoms with Crippen LogP contribution >= 0.6 is 0 Å². The molecule has 0 bridgehead atoms. The van der Waals surface area contributed by atoms with E-state index in [1.165, 1.54) is 11.8 Å². The number of amides is 1. The number of non-ortho nitro benzene ring substituents is 1. The van der Waals surface area contributed by atoms with Crippen LogP contribution in [-0.2, 0) is 26.2 Å². The van der Waals surface area contributed by atoms with Gasteiger partial charge in [-0.05, 0) is 24.6 Å². The molecule has 1 atom stereocenters. The minimum atomic E-state index is -4.20. The Morgan fingerprint density at radius 1 is 1.18 bits per heavy atom. The Kier molecular flexibility index (Phi) is 7.97. The molecule has 34 heavy (non-hydrogen) atoms. The van der Waals surface area contributed by atoms with Crippen molar-refractivity contribution in [3.63, 3.8) is 0 Å². The van der Waals surface area contributed by atoms with Crippen LogP contribution in [0.15, 0.2) is 59.5 Å². The van der Waals surface area contributed by atoms with Gasteiger partial charge in [-0.3, -0.25) is 14.9 Å². The standard InChI is InChI=1S/C22H25N3O8S/c1-16(26)11-24(34(31,32)20-9-7-19(8-10-20)25(29)30)14-21(27)18-12-23(13-18)22(28)33-15-17-5-3-2-4-6-17/h2-10,16,18,26H,11-15H2,1H3/t16-/m1/s1. The largest absolute Gasteiger partial charge is 0.445 e. The molecule has 12 heteroatoms. The Morgan fingerprint density at radius 3 is 2.35 bits per heavy atom. The highest BCUT2D eigenvalue weighted by molar-refractivity contribution is 7.89. The Bertz CT molecular complexity index is 1130. The second kappa shape index (κ2) is 10.7. The van der Waals surface area contributed by atoms with Crippen LogP contribution in [0.25, 0.3) is 0 Å². The molecule has 1 aliphatic rings. The van der Waals surface area contributed by atoms with Gasteiger partial charge in [0.15, 0.2) is 5.78 Å². The second-order valence-corrected chi connectivity index (χ2v) is 9.94. The third-order valence-corrected chi connectivity index (χ3v) is 7.11. The van der Waals surface area contributed by atoms with Crippen LogP contribution in [0, 0.1) is 16.0 Å². The van der Waals surface area contributed by atoms with Gasteiger partial charge >= 0.3 is 6.09 Å². The predicted octanol–water partition coefficient (Wildman–Crippen LogP) is 1.80. The van der Waals surface area contributed by atoms with Crippen molar-refractivity contribution in [2.45, 2.75) is 24.5 Å². The predicted molar refractivity (Wildman–Crippen MR) is 120 cm³/mol. The fourth-order valence-electron chi connectivity index (χ4n) is 3.38. The van der Waals surface area contributed by atoms with Crippen molar-refractivity contribution < 1.29 is 32.8 Å². The van der Waals surface area contributed by atoms with Crippen LogP contribution in [0.5, 0.6) is 0 Å². The van der Waals surface area contributed by atoms with Crippen LogP contribution in [0.2, 0.25) is 0 Å². The molecule has 182 valence electrons. The van der Waals surface area contributed by atoms with Crippen molar-refractivity contribution in [2.24, 2.45) is 5.92 Å². The lowest BCUT2D eigenvalue weighted by molar-refractivity contribution is -0.384.